The van der Waals surface area contributed by atoms with Gasteiger partial charge in [0.05, 0.1) is 36.4 Å². The summed E-state index contributed by atoms with van der Waals surface area (Å²) in [6.45, 7) is 6.66. The van der Waals surface area contributed by atoms with Crippen molar-refractivity contribution in [3.8, 4) is 17.5 Å². The van der Waals surface area contributed by atoms with Crippen LogP contribution in [-0.2, 0) is 4.74 Å². The van der Waals surface area contributed by atoms with Crippen molar-refractivity contribution in [3.63, 3.8) is 0 Å². The van der Waals surface area contributed by atoms with Gasteiger partial charge in [0.15, 0.2) is 5.75 Å². The van der Waals surface area contributed by atoms with Crippen molar-refractivity contribution in [1.82, 2.24) is 14.7 Å². The smallest absolute Gasteiger partial charge is 0.406 e. The van der Waals surface area contributed by atoms with Crippen molar-refractivity contribution < 1.29 is 14.3 Å². The number of thioether (sulfide) groups is 1. The Balaban J connectivity index is 1.25. The van der Waals surface area contributed by atoms with E-state index in [2.05, 4.69) is 21.4 Å². The molecule has 0 unspecified atom stereocenters. The highest BCUT2D eigenvalue weighted by molar-refractivity contribution is 7.99. The topological polar surface area (TPSA) is 92.4 Å². The van der Waals surface area contributed by atoms with Crippen LogP contribution < -0.4 is 10.1 Å². The SMILES string of the molecule is Cc1c(OC(=O)Nc2ccc(SCCCCCN3CCOCC3)c(C#N)c2)cnn1-c1ccc(Cl)cc1. The molecular formula is C27H30ClN5O3S. The minimum absolute atomic E-state index is 0.341. The number of aromatic nitrogens is 2. The Hall–Kier alpha value is -3.03. The van der Waals surface area contributed by atoms with E-state index >= 15 is 0 Å². The number of nitrogens with zero attached hydrogens (tertiary/aromatic N) is 4. The maximum atomic E-state index is 12.5. The van der Waals surface area contributed by atoms with E-state index in [1.165, 1.54) is 12.6 Å². The highest BCUT2D eigenvalue weighted by Gasteiger charge is 2.15. The van der Waals surface area contributed by atoms with Crippen molar-refractivity contribution in [3.05, 3.63) is 64.9 Å². The van der Waals surface area contributed by atoms with Crippen LogP contribution in [0.5, 0.6) is 5.75 Å². The normalized spacial score (nSPS) is 13.8. The molecule has 0 saturated carbocycles. The highest BCUT2D eigenvalue weighted by atomic mass is 35.5. The lowest BCUT2D eigenvalue weighted by Crippen LogP contribution is -2.36. The summed E-state index contributed by atoms with van der Waals surface area (Å²) in [5.74, 6) is 1.29. The molecule has 3 aromatic rings. The summed E-state index contributed by atoms with van der Waals surface area (Å²) in [5, 5.41) is 17.3. The summed E-state index contributed by atoms with van der Waals surface area (Å²) < 4.78 is 12.5. The molecule has 2 aromatic carbocycles. The zero-order valence-corrected chi connectivity index (χ0v) is 22.4. The van der Waals surface area contributed by atoms with E-state index in [4.69, 9.17) is 21.1 Å². The second kappa shape index (κ2) is 13.5. The molecule has 0 atom stereocenters. The van der Waals surface area contributed by atoms with Crippen molar-refractivity contribution in [2.45, 2.75) is 31.1 Å². The number of ether oxygens (including phenoxy) is 2. The van der Waals surface area contributed by atoms with Gasteiger partial charge in [-0.1, -0.05) is 18.0 Å². The van der Waals surface area contributed by atoms with Crippen LogP contribution in [0.2, 0.25) is 5.02 Å². The number of hydrogen-bond acceptors (Lipinski definition) is 7. The number of unbranched alkanes of at least 4 members (excludes halogenated alkanes) is 2. The highest BCUT2D eigenvalue weighted by Crippen LogP contribution is 2.27. The average molecular weight is 540 g/mol. The summed E-state index contributed by atoms with van der Waals surface area (Å²) in [4.78, 5) is 15.9. The van der Waals surface area contributed by atoms with Gasteiger partial charge in [-0.15, -0.1) is 11.8 Å². The number of nitriles is 1. The molecule has 0 aliphatic carbocycles. The number of morpholine rings is 1. The van der Waals surface area contributed by atoms with Gasteiger partial charge in [0.2, 0.25) is 0 Å². The standard InChI is InChI=1S/C27H30ClN5O3S/c1-20-25(19-30-33(20)24-8-5-22(28)6-9-24)36-27(34)31-23-7-10-26(21(17-23)18-29)37-16-4-2-3-11-32-12-14-35-15-13-32/h5-10,17,19H,2-4,11-16H2,1H3,(H,31,34). The monoisotopic (exact) mass is 539 g/mol. The Morgan fingerprint density at radius 3 is 2.73 bits per heavy atom. The molecule has 1 aliphatic rings. The number of carbonyl (C=O) groups excluding carboxylic acids is 1. The molecule has 1 fully saturated rings. The van der Waals surface area contributed by atoms with Crippen LogP contribution in [-0.4, -0.2) is 59.4 Å². The van der Waals surface area contributed by atoms with Crippen molar-refractivity contribution in [2.24, 2.45) is 0 Å². The predicted molar refractivity (Wildman–Crippen MR) is 146 cm³/mol. The second-order valence-electron chi connectivity index (χ2n) is 8.68. The fourth-order valence-corrected chi connectivity index (χ4v) is 5.14. The minimum Gasteiger partial charge on any atom is -0.406 e. The van der Waals surface area contributed by atoms with Gasteiger partial charge in [-0.2, -0.15) is 10.4 Å². The third-order valence-corrected chi connectivity index (χ3v) is 7.48. The van der Waals surface area contributed by atoms with Crippen LogP contribution in [0, 0.1) is 18.3 Å². The number of benzene rings is 2. The van der Waals surface area contributed by atoms with Gasteiger partial charge in [-0.05, 0) is 74.5 Å². The van der Waals surface area contributed by atoms with Gasteiger partial charge >= 0.3 is 6.09 Å². The number of anilines is 1. The van der Waals surface area contributed by atoms with Crippen LogP contribution in [0.1, 0.15) is 30.5 Å². The average Bonchev–Trinajstić information content (AvgIpc) is 3.27. The molecule has 4 rings (SSSR count). The Kier molecular flexibility index (Phi) is 9.85. The molecule has 2 heterocycles. The van der Waals surface area contributed by atoms with E-state index in [-0.39, 0.29) is 0 Å². The van der Waals surface area contributed by atoms with Crippen LogP contribution >= 0.6 is 23.4 Å². The third-order valence-electron chi connectivity index (χ3n) is 6.06. The molecule has 0 spiro atoms. The quantitative estimate of drug-likeness (QED) is 0.253. The maximum absolute atomic E-state index is 12.5. The van der Waals surface area contributed by atoms with Gasteiger partial charge in [0, 0.05) is 28.7 Å². The zero-order valence-electron chi connectivity index (χ0n) is 20.8. The minimum atomic E-state index is -0.650. The van der Waals surface area contributed by atoms with Gasteiger partial charge in [0.25, 0.3) is 0 Å². The molecular weight excluding hydrogens is 510 g/mol. The first-order chi connectivity index (χ1) is 18.0. The summed E-state index contributed by atoms with van der Waals surface area (Å²) in [7, 11) is 0. The molecule has 10 heteroatoms. The van der Waals surface area contributed by atoms with E-state index in [1.807, 2.05) is 25.1 Å². The summed E-state index contributed by atoms with van der Waals surface area (Å²) in [5.41, 5.74) is 2.51. The second-order valence-corrected chi connectivity index (χ2v) is 10.3. The molecule has 194 valence electrons. The maximum Gasteiger partial charge on any atom is 0.417 e. The fraction of sp³-hybridized carbons (Fsp3) is 0.370. The number of carbonyl (C=O) groups is 1. The van der Waals surface area contributed by atoms with Gasteiger partial charge < -0.3 is 9.47 Å². The van der Waals surface area contributed by atoms with Crippen molar-refractivity contribution in [2.75, 3.05) is 43.9 Å². The lowest BCUT2D eigenvalue weighted by Gasteiger charge is -2.26. The molecule has 1 aliphatic heterocycles. The molecule has 1 amide bonds. The third kappa shape index (κ3) is 7.73. The number of hydrogen-bond donors (Lipinski definition) is 1. The molecule has 1 saturated heterocycles. The molecule has 37 heavy (non-hydrogen) atoms. The molecule has 1 N–H and O–H groups in total. The first-order valence-corrected chi connectivity index (χ1v) is 13.7. The summed E-state index contributed by atoms with van der Waals surface area (Å²) in [6.07, 6.45) is 4.27. The van der Waals surface area contributed by atoms with Gasteiger partial charge in [-0.3, -0.25) is 10.2 Å². The van der Waals surface area contributed by atoms with Crippen LogP contribution in [0.3, 0.4) is 0 Å². The van der Waals surface area contributed by atoms with Crippen molar-refractivity contribution >= 4 is 35.1 Å². The molecule has 0 bridgehead atoms. The number of rotatable bonds is 10. The van der Waals surface area contributed by atoms with E-state index < -0.39 is 6.09 Å². The van der Waals surface area contributed by atoms with E-state index in [1.54, 1.807) is 40.7 Å². The van der Waals surface area contributed by atoms with Gasteiger partial charge in [0.1, 0.15) is 6.07 Å². The first-order valence-electron chi connectivity index (χ1n) is 12.3. The van der Waals surface area contributed by atoms with E-state index in [9.17, 15) is 10.1 Å². The number of nitrogens with one attached hydrogen (secondary N) is 1. The fourth-order valence-electron chi connectivity index (χ4n) is 4.02. The summed E-state index contributed by atoms with van der Waals surface area (Å²) in [6, 6.07) is 14.8. The number of amides is 1. The van der Waals surface area contributed by atoms with Crippen LogP contribution in [0.25, 0.3) is 5.69 Å². The van der Waals surface area contributed by atoms with Crippen molar-refractivity contribution in [1.29, 1.82) is 5.26 Å². The van der Waals surface area contributed by atoms with Crippen LogP contribution in [0.4, 0.5) is 10.5 Å². The Morgan fingerprint density at radius 2 is 1.97 bits per heavy atom. The lowest BCUT2D eigenvalue weighted by molar-refractivity contribution is 0.0372. The predicted octanol–water partition coefficient (Wildman–Crippen LogP) is 5.91. The molecule has 8 nitrogen and oxygen atoms in total. The van der Waals surface area contributed by atoms with E-state index in [0.717, 1.165) is 62.0 Å². The Bertz CT molecular complexity index is 1240. The number of halogens is 1. The molecule has 0 radical (unpaired) electrons. The van der Waals surface area contributed by atoms with Gasteiger partial charge in [-0.25, -0.2) is 9.48 Å². The van der Waals surface area contributed by atoms with Crippen LogP contribution in [0.15, 0.2) is 53.6 Å². The Labute approximate surface area is 226 Å². The van der Waals surface area contributed by atoms with E-state index in [0.29, 0.717) is 27.7 Å². The molecule has 1 aromatic heterocycles. The Morgan fingerprint density at radius 1 is 1.19 bits per heavy atom. The summed E-state index contributed by atoms with van der Waals surface area (Å²) >= 11 is 7.63. The first kappa shape index (κ1) is 27.0. The largest absolute Gasteiger partial charge is 0.417 e. The lowest BCUT2D eigenvalue weighted by atomic mass is 10.2. The zero-order chi connectivity index (χ0) is 26.0.